The normalized spacial score (nSPS) is 16.7. The summed E-state index contributed by atoms with van der Waals surface area (Å²) in [6.07, 6.45) is 0. The second kappa shape index (κ2) is 7.75. The number of hydrogen-bond donors (Lipinski definition) is 0. The van der Waals surface area contributed by atoms with Crippen LogP contribution in [-0.4, -0.2) is 37.3 Å². The number of anilines is 1. The van der Waals surface area contributed by atoms with Crippen molar-refractivity contribution in [2.24, 2.45) is 11.8 Å². The van der Waals surface area contributed by atoms with E-state index in [9.17, 15) is 10.1 Å². The van der Waals surface area contributed by atoms with Crippen molar-refractivity contribution in [3.63, 3.8) is 0 Å². The van der Waals surface area contributed by atoms with Crippen molar-refractivity contribution in [2.45, 2.75) is 47.1 Å². The van der Waals surface area contributed by atoms with Gasteiger partial charge in [-0.3, -0.25) is 10.1 Å². The predicted octanol–water partition coefficient (Wildman–Crippen LogP) is 3.23. The molecule has 6 nitrogen and oxygen atoms in total. The Balaban J connectivity index is 2.36. The molecule has 1 heterocycles. The molecule has 1 aliphatic rings. The molecule has 1 fully saturated rings. The SMILES string of the molecule is CC(C)CN(CC(C)C)c1ccc(B2OCC(C)(C)O2)cc1[N+](=O)[O-]. The molecule has 1 saturated heterocycles. The first-order chi connectivity index (χ1) is 11.6. The van der Waals surface area contributed by atoms with E-state index < -0.39 is 7.12 Å². The highest BCUT2D eigenvalue weighted by atomic mass is 16.7. The number of nitrogens with zero attached hydrogens (tertiary/aromatic N) is 2. The van der Waals surface area contributed by atoms with Gasteiger partial charge in [-0.05, 0) is 37.2 Å². The minimum absolute atomic E-state index is 0.107. The molecular weight excluding hydrogens is 319 g/mol. The summed E-state index contributed by atoms with van der Waals surface area (Å²) in [7, 11) is -0.550. The minimum Gasteiger partial charge on any atom is -0.404 e. The summed E-state index contributed by atoms with van der Waals surface area (Å²) in [6.45, 7) is 14.4. The molecule has 0 atom stereocenters. The molecule has 0 aliphatic carbocycles. The van der Waals surface area contributed by atoms with Crippen LogP contribution in [0.15, 0.2) is 18.2 Å². The van der Waals surface area contributed by atoms with Gasteiger partial charge in [0, 0.05) is 19.2 Å². The molecule has 0 unspecified atom stereocenters. The van der Waals surface area contributed by atoms with Crippen LogP contribution in [-0.2, 0) is 9.31 Å². The average Bonchev–Trinajstić information content (AvgIpc) is 2.85. The quantitative estimate of drug-likeness (QED) is 0.430. The number of nitro benzene ring substituents is 1. The topological polar surface area (TPSA) is 64.8 Å². The highest BCUT2D eigenvalue weighted by Gasteiger charge is 2.39. The zero-order valence-electron chi connectivity index (χ0n) is 16.1. The molecule has 25 heavy (non-hydrogen) atoms. The van der Waals surface area contributed by atoms with E-state index in [1.807, 2.05) is 26.0 Å². The second-order valence-electron chi connectivity index (χ2n) is 8.22. The van der Waals surface area contributed by atoms with Crippen molar-refractivity contribution in [1.29, 1.82) is 0 Å². The molecule has 1 aromatic rings. The predicted molar refractivity (Wildman–Crippen MR) is 101 cm³/mol. The molecule has 0 bridgehead atoms. The maximum absolute atomic E-state index is 11.7. The van der Waals surface area contributed by atoms with E-state index in [1.54, 1.807) is 6.07 Å². The molecule has 1 aliphatic heterocycles. The fourth-order valence-electron chi connectivity index (χ4n) is 3.05. The fourth-order valence-corrected chi connectivity index (χ4v) is 3.05. The Kier molecular flexibility index (Phi) is 6.11. The van der Waals surface area contributed by atoms with Gasteiger partial charge in [-0.1, -0.05) is 33.8 Å². The van der Waals surface area contributed by atoms with Crippen LogP contribution in [0.2, 0.25) is 0 Å². The Morgan fingerprint density at radius 1 is 1.24 bits per heavy atom. The number of rotatable bonds is 7. The highest BCUT2D eigenvalue weighted by Crippen LogP contribution is 2.29. The van der Waals surface area contributed by atoms with Crippen LogP contribution in [0, 0.1) is 22.0 Å². The molecule has 138 valence electrons. The Morgan fingerprint density at radius 3 is 2.28 bits per heavy atom. The molecule has 1 aromatic carbocycles. The Labute approximate surface area is 150 Å². The maximum atomic E-state index is 11.7. The van der Waals surface area contributed by atoms with Crippen LogP contribution in [0.25, 0.3) is 0 Å². The third-order valence-electron chi connectivity index (χ3n) is 3.99. The standard InChI is InChI=1S/C18H29BN2O4/c1-13(2)10-20(11-14(3)4)16-8-7-15(9-17(16)21(22)23)19-24-12-18(5,6)25-19/h7-9,13-14H,10-12H2,1-6H3. The Morgan fingerprint density at radius 2 is 1.84 bits per heavy atom. The van der Waals surface area contributed by atoms with Crippen molar-refractivity contribution < 1.29 is 14.2 Å². The summed E-state index contributed by atoms with van der Waals surface area (Å²) in [5.74, 6) is 0.834. The smallest absolute Gasteiger partial charge is 0.404 e. The lowest BCUT2D eigenvalue weighted by molar-refractivity contribution is -0.384. The van der Waals surface area contributed by atoms with Crippen LogP contribution < -0.4 is 10.4 Å². The lowest BCUT2D eigenvalue weighted by atomic mass is 9.78. The zero-order valence-corrected chi connectivity index (χ0v) is 16.1. The number of benzene rings is 1. The molecule has 0 spiro atoms. The van der Waals surface area contributed by atoms with Gasteiger partial charge >= 0.3 is 7.12 Å². The van der Waals surface area contributed by atoms with Crippen LogP contribution in [0.3, 0.4) is 0 Å². The first-order valence-corrected chi connectivity index (χ1v) is 8.92. The van der Waals surface area contributed by atoms with E-state index in [-0.39, 0.29) is 16.2 Å². The van der Waals surface area contributed by atoms with E-state index >= 15 is 0 Å². The number of hydrogen-bond acceptors (Lipinski definition) is 5. The Hall–Kier alpha value is -1.60. The van der Waals surface area contributed by atoms with Crippen LogP contribution in [0.5, 0.6) is 0 Å². The van der Waals surface area contributed by atoms with E-state index in [4.69, 9.17) is 9.31 Å². The Bertz CT molecular complexity index is 609. The molecule has 0 radical (unpaired) electrons. The van der Waals surface area contributed by atoms with Gasteiger partial charge in [-0.15, -0.1) is 0 Å². The lowest BCUT2D eigenvalue weighted by Crippen LogP contribution is -2.36. The van der Waals surface area contributed by atoms with Crippen molar-refractivity contribution >= 4 is 24.0 Å². The lowest BCUT2D eigenvalue weighted by Gasteiger charge is -2.28. The van der Waals surface area contributed by atoms with E-state index in [0.29, 0.717) is 29.6 Å². The summed E-state index contributed by atoms with van der Waals surface area (Å²) in [4.78, 5) is 13.5. The summed E-state index contributed by atoms with van der Waals surface area (Å²) in [5, 5.41) is 11.7. The van der Waals surface area contributed by atoms with Gasteiger partial charge in [0.2, 0.25) is 0 Å². The van der Waals surface area contributed by atoms with Crippen LogP contribution in [0.4, 0.5) is 11.4 Å². The van der Waals surface area contributed by atoms with Gasteiger partial charge in [-0.2, -0.15) is 0 Å². The molecule has 0 N–H and O–H groups in total. The minimum atomic E-state index is -0.550. The summed E-state index contributed by atoms with van der Waals surface area (Å²) in [6, 6.07) is 5.30. The third kappa shape index (κ3) is 5.19. The van der Waals surface area contributed by atoms with Crippen molar-refractivity contribution in [3.8, 4) is 0 Å². The van der Waals surface area contributed by atoms with Crippen LogP contribution in [0.1, 0.15) is 41.5 Å². The van der Waals surface area contributed by atoms with Crippen molar-refractivity contribution in [1.82, 2.24) is 0 Å². The van der Waals surface area contributed by atoms with E-state index in [2.05, 4.69) is 32.6 Å². The third-order valence-corrected chi connectivity index (χ3v) is 3.99. The van der Waals surface area contributed by atoms with Gasteiger partial charge < -0.3 is 14.2 Å². The van der Waals surface area contributed by atoms with Crippen molar-refractivity contribution in [3.05, 3.63) is 28.3 Å². The van der Waals surface area contributed by atoms with Crippen LogP contribution >= 0.6 is 0 Å². The zero-order chi connectivity index (χ0) is 18.8. The first kappa shape index (κ1) is 19.7. The molecule has 7 heteroatoms. The van der Waals surface area contributed by atoms with Gasteiger partial charge in [0.1, 0.15) is 5.69 Å². The van der Waals surface area contributed by atoms with Gasteiger partial charge in [0.05, 0.1) is 17.1 Å². The highest BCUT2D eigenvalue weighted by molar-refractivity contribution is 6.62. The molecule has 0 saturated carbocycles. The van der Waals surface area contributed by atoms with E-state index in [1.165, 1.54) is 0 Å². The van der Waals surface area contributed by atoms with Gasteiger partial charge in [0.25, 0.3) is 5.69 Å². The molecule has 0 aromatic heterocycles. The fraction of sp³-hybridized carbons (Fsp3) is 0.667. The monoisotopic (exact) mass is 348 g/mol. The molecular formula is C18H29BN2O4. The largest absolute Gasteiger partial charge is 0.494 e. The molecule has 0 amide bonds. The summed E-state index contributed by atoms with van der Waals surface area (Å²) < 4.78 is 11.5. The van der Waals surface area contributed by atoms with Crippen molar-refractivity contribution in [2.75, 3.05) is 24.6 Å². The summed E-state index contributed by atoms with van der Waals surface area (Å²) in [5.41, 5.74) is 1.08. The first-order valence-electron chi connectivity index (χ1n) is 8.92. The molecule has 2 rings (SSSR count). The van der Waals surface area contributed by atoms with E-state index in [0.717, 1.165) is 13.1 Å². The maximum Gasteiger partial charge on any atom is 0.494 e. The number of nitro groups is 1. The second-order valence-corrected chi connectivity index (χ2v) is 8.22. The van der Waals surface area contributed by atoms with Gasteiger partial charge in [-0.25, -0.2) is 0 Å². The average molecular weight is 348 g/mol. The summed E-state index contributed by atoms with van der Waals surface area (Å²) >= 11 is 0. The van der Waals surface area contributed by atoms with Gasteiger partial charge in [0.15, 0.2) is 0 Å².